The Bertz CT molecular complexity index is 451. The topological polar surface area (TPSA) is 59.3 Å². The number of hydrogen-bond donors (Lipinski definition) is 1. The summed E-state index contributed by atoms with van der Waals surface area (Å²) in [6, 6.07) is 4.98. The van der Waals surface area contributed by atoms with Gasteiger partial charge in [0.25, 0.3) is 0 Å². The molecule has 0 atom stereocenters. The molecule has 4 nitrogen and oxygen atoms in total. The predicted octanol–water partition coefficient (Wildman–Crippen LogP) is 2.03. The number of thiol groups is 1. The van der Waals surface area contributed by atoms with E-state index in [1.54, 1.807) is 13.0 Å². The summed E-state index contributed by atoms with van der Waals surface area (Å²) in [5, 5.41) is 8.98. The Morgan fingerprint density at radius 1 is 1.56 bits per heavy atom. The highest BCUT2D eigenvalue weighted by Gasteiger charge is 2.17. The summed E-state index contributed by atoms with van der Waals surface area (Å²) in [4.78, 5) is 12.1. The Hall–Kier alpha value is -1.67. The molecule has 1 aromatic rings. The molecule has 0 aromatic heterocycles. The standard InChI is InChI=1S/C11H11NO3S/c1-3-15-11(13)8-4-7(16)5-10(14-2)9(8)6-12/h4-5,16H,3H2,1-2H3. The van der Waals surface area contributed by atoms with Gasteiger partial charge in [0.05, 0.1) is 19.3 Å². The van der Waals surface area contributed by atoms with Crippen LogP contribution in [0.3, 0.4) is 0 Å². The maximum Gasteiger partial charge on any atom is 0.339 e. The van der Waals surface area contributed by atoms with Crippen LogP contribution < -0.4 is 4.74 Å². The van der Waals surface area contributed by atoms with E-state index in [-0.39, 0.29) is 17.7 Å². The van der Waals surface area contributed by atoms with E-state index in [0.29, 0.717) is 10.6 Å². The Morgan fingerprint density at radius 2 is 2.25 bits per heavy atom. The Labute approximate surface area is 99.2 Å². The summed E-state index contributed by atoms with van der Waals surface area (Å²) in [7, 11) is 1.43. The van der Waals surface area contributed by atoms with Gasteiger partial charge >= 0.3 is 5.97 Å². The van der Waals surface area contributed by atoms with Crippen LogP contribution in [0.1, 0.15) is 22.8 Å². The number of carbonyl (C=O) groups is 1. The lowest BCUT2D eigenvalue weighted by atomic mass is 10.1. The lowest BCUT2D eigenvalue weighted by Gasteiger charge is -2.08. The zero-order valence-corrected chi connectivity index (χ0v) is 9.88. The molecule has 0 saturated carbocycles. The largest absolute Gasteiger partial charge is 0.495 e. The van der Waals surface area contributed by atoms with Gasteiger partial charge in [-0.25, -0.2) is 4.79 Å². The van der Waals surface area contributed by atoms with Crippen molar-refractivity contribution in [3.63, 3.8) is 0 Å². The summed E-state index contributed by atoms with van der Waals surface area (Å²) in [6.45, 7) is 1.95. The van der Waals surface area contributed by atoms with Crippen LogP contribution in [0.5, 0.6) is 5.75 Å². The van der Waals surface area contributed by atoms with Gasteiger partial charge in [-0.1, -0.05) is 0 Å². The zero-order valence-electron chi connectivity index (χ0n) is 8.98. The van der Waals surface area contributed by atoms with E-state index in [4.69, 9.17) is 14.7 Å². The molecule has 16 heavy (non-hydrogen) atoms. The average molecular weight is 237 g/mol. The van der Waals surface area contributed by atoms with Crippen LogP contribution in [0, 0.1) is 11.3 Å². The van der Waals surface area contributed by atoms with Crippen molar-refractivity contribution in [3.05, 3.63) is 23.3 Å². The number of methoxy groups -OCH3 is 1. The van der Waals surface area contributed by atoms with Gasteiger partial charge in [-0.15, -0.1) is 12.6 Å². The third-order valence-corrected chi connectivity index (χ3v) is 2.17. The van der Waals surface area contributed by atoms with Gasteiger partial charge in [0.2, 0.25) is 0 Å². The summed E-state index contributed by atoms with van der Waals surface area (Å²) in [6.07, 6.45) is 0. The molecule has 0 radical (unpaired) electrons. The molecular weight excluding hydrogens is 226 g/mol. The molecule has 1 aromatic carbocycles. The van der Waals surface area contributed by atoms with Crippen LogP contribution in [0.25, 0.3) is 0 Å². The number of hydrogen-bond acceptors (Lipinski definition) is 5. The van der Waals surface area contributed by atoms with Crippen molar-refractivity contribution in [1.82, 2.24) is 0 Å². The molecule has 0 saturated heterocycles. The van der Waals surface area contributed by atoms with Crippen LogP contribution in [0.15, 0.2) is 17.0 Å². The normalized spacial score (nSPS) is 9.38. The van der Waals surface area contributed by atoms with E-state index in [2.05, 4.69) is 12.6 Å². The summed E-state index contributed by atoms with van der Waals surface area (Å²) >= 11 is 4.13. The van der Waals surface area contributed by atoms with Crippen LogP contribution in [0.4, 0.5) is 0 Å². The van der Waals surface area contributed by atoms with E-state index in [1.165, 1.54) is 13.2 Å². The highest BCUT2D eigenvalue weighted by Crippen LogP contribution is 2.26. The highest BCUT2D eigenvalue weighted by molar-refractivity contribution is 7.80. The smallest absolute Gasteiger partial charge is 0.339 e. The van der Waals surface area contributed by atoms with Gasteiger partial charge in [-0.3, -0.25) is 0 Å². The molecule has 1 rings (SSSR count). The molecule has 0 spiro atoms. The monoisotopic (exact) mass is 237 g/mol. The minimum atomic E-state index is -0.548. The quantitative estimate of drug-likeness (QED) is 0.645. The number of rotatable bonds is 3. The summed E-state index contributed by atoms with van der Waals surface area (Å²) in [5.74, 6) is -0.230. The molecule has 0 unspecified atom stereocenters. The first-order chi connectivity index (χ1) is 7.63. The number of ether oxygens (including phenoxy) is 2. The number of nitriles is 1. The first-order valence-electron chi connectivity index (χ1n) is 4.62. The second kappa shape index (κ2) is 5.42. The highest BCUT2D eigenvalue weighted by atomic mass is 32.1. The van der Waals surface area contributed by atoms with Gasteiger partial charge in [0.15, 0.2) is 0 Å². The zero-order chi connectivity index (χ0) is 12.1. The molecule has 0 amide bonds. The fourth-order valence-corrected chi connectivity index (χ4v) is 1.49. The van der Waals surface area contributed by atoms with Gasteiger partial charge in [-0.05, 0) is 19.1 Å². The lowest BCUT2D eigenvalue weighted by Crippen LogP contribution is -2.08. The van der Waals surface area contributed by atoms with Crippen molar-refractivity contribution in [2.45, 2.75) is 11.8 Å². The van der Waals surface area contributed by atoms with Crippen molar-refractivity contribution >= 4 is 18.6 Å². The van der Waals surface area contributed by atoms with Crippen molar-refractivity contribution < 1.29 is 14.3 Å². The van der Waals surface area contributed by atoms with Gasteiger partial charge in [-0.2, -0.15) is 5.26 Å². The third kappa shape index (κ3) is 2.47. The predicted molar refractivity (Wildman–Crippen MR) is 60.9 cm³/mol. The maximum absolute atomic E-state index is 11.6. The SMILES string of the molecule is CCOC(=O)c1cc(S)cc(OC)c1C#N. The summed E-state index contributed by atoms with van der Waals surface area (Å²) in [5.41, 5.74) is 0.340. The number of nitrogens with zero attached hydrogens (tertiary/aromatic N) is 1. The average Bonchev–Trinajstić information content (AvgIpc) is 2.28. The second-order valence-corrected chi connectivity index (χ2v) is 3.42. The van der Waals surface area contributed by atoms with Crippen molar-refractivity contribution in [3.8, 4) is 11.8 Å². The molecule has 0 N–H and O–H groups in total. The van der Waals surface area contributed by atoms with E-state index in [0.717, 1.165) is 0 Å². The number of esters is 1. The Kier molecular flexibility index (Phi) is 4.20. The number of carbonyl (C=O) groups excluding carboxylic acids is 1. The first-order valence-corrected chi connectivity index (χ1v) is 5.07. The molecule has 84 valence electrons. The van der Waals surface area contributed by atoms with Crippen LogP contribution in [-0.2, 0) is 4.74 Å². The van der Waals surface area contributed by atoms with Gasteiger partial charge in [0, 0.05) is 4.90 Å². The lowest BCUT2D eigenvalue weighted by molar-refractivity contribution is 0.0525. The molecule has 5 heteroatoms. The van der Waals surface area contributed by atoms with E-state index in [1.807, 2.05) is 6.07 Å². The second-order valence-electron chi connectivity index (χ2n) is 2.90. The minimum Gasteiger partial charge on any atom is -0.495 e. The van der Waals surface area contributed by atoms with Crippen molar-refractivity contribution in [2.24, 2.45) is 0 Å². The number of benzene rings is 1. The van der Waals surface area contributed by atoms with Crippen molar-refractivity contribution in [2.75, 3.05) is 13.7 Å². The molecule has 0 aliphatic heterocycles. The molecule has 0 fully saturated rings. The minimum absolute atomic E-state index is 0.166. The maximum atomic E-state index is 11.6. The third-order valence-electron chi connectivity index (χ3n) is 1.91. The van der Waals surface area contributed by atoms with Crippen LogP contribution in [0.2, 0.25) is 0 Å². The Balaban J connectivity index is 3.32. The van der Waals surface area contributed by atoms with E-state index in [9.17, 15) is 4.79 Å². The van der Waals surface area contributed by atoms with Gasteiger partial charge in [0.1, 0.15) is 17.4 Å². The summed E-state index contributed by atoms with van der Waals surface area (Å²) < 4.78 is 9.85. The molecule has 0 aliphatic rings. The molecule has 0 heterocycles. The van der Waals surface area contributed by atoms with Crippen LogP contribution in [-0.4, -0.2) is 19.7 Å². The van der Waals surface area contributed by atoms with Gasteiger partial charge < -0.3 is 9.47 Å². The molecule has 0 aliphatic carbocycles. The Morgan fingerprint density at radius 3 is 2.75 bits per heavy atom. The van der Waals surface area contributed by atoms with Crippen molar-refractivity contribution in [1.29, 1.82) is 5.26 Å². The molecular formula is C11H11NO3S. The fourth-order valence-electron chi connectivity index (χ4n) is 1.25. The fraction of sp³-hybridized carbons (Fsp3) is 0.273. The van der Waals surface area contributed by atoms with E-state index >= 15 is 0 Å². The van der Waals surface area contributed by atoms with E-state index < -0.39 is 5.97 Å². The van der Waals surface area contributed by atoms with Crippen LogP contribution >= 0.6 is 12.6 Å². The molecule has 0 bridgehead atoms. The first kappa shape index (κ1) is 12.4.